The molecule has 1 aromatic heterocycles. The van der Waals surface area contributed by atoms with Crippen LogP contribution >= 0.6 is 11.3 Å². The van der Waals surface area contributed by atoms with Gasteiger partial charge in [0.1, 0.15) is 5.01 Å². The number of hydrogen-bond acceptors (Lipinski definition) is 4. The Morgan fingerprint density at radius 2 is 2.38 bits per heavy atom. The summed E-state index contributed by atoms with van der Waals surface area (Å²) < 4.78 is 5.65. The van der Waals surface area contributed by atoms with Gasteiger partial charge in [0.15, 0.2) is 0 Å². The standard InChI is InChI=1S/C12H20N2OS/c1-8-10(3)16-12(14-8)7-13-9(2)11-5-4-6-15-11/h9,11,13H,4-7H2,1-3H3. The van der Waals surface area contributed by atoms with Gasteiger partial charge >= 0.3 is 0 Å². The molecule has 1 aliphatic rings. The van der Waals surface area contributed by atoms with Gasteiger partial charge in [0.2, 0.25) is 0 Å². The molecule has 0 amide bonds. The van der Waals surface area contributed by atoms with Gasteiger partial charge in [-0.3, -0.25) is 0 Å². The minimum atomic E-state index is 0.391. The molecule has 1 N–H and O–H groups in total. The van der Waals surface area contributed by atoms with Gasteiger partial charge in [0.25, 0.3) is 0 Å². The highest BCUT2D eigenvalue weighted by Crippen LogP contribution is 2.18. The van der Waals surface area contributed by atoms with E-state index in [0.29, 0.717) is 12.1 Å². The van der Waals surface area contributed by atoms with Crippen molar-refractivity contribution in [3.63, 3.8) is 0 Å². The Bertz CT molecular complexity index is 325. The molecule has 0 aliphatic carbocycles. The summed E-state index contributed by atoms with van der Waals surface area (Å²) in [6.45, 7) is 8.18. The normalized spacial score (nSPS) is 22.6. The van der Waals surface area contributed by atoms with Crippen LogP contribution < -0.4 is 5.32 Å². The molecule has 1 saturated heterocycles. The van der Waals surface area contributed by atoms with Crippen molar-refractivity contribution < 1.29 is 4.74 Å². The first-order chi connectivity index (χ1) is 7.66. The highest BCUT2D eigenvalue weighted by molar-refractivity contribution is 7.11. The molecule has 90 valence electrons. The van der Waals surface area contributed by atoms with Crippen LogP contribution in [0.15, 0.2) is 0 Å². The number of aromatic nitrogens is 1. The summed E-state index contributed by atoms with van der Waals surface area (Å²) in [6.07, 6.45) is 2.78. The van der Waals surface area contributed by atoms with E-state index in [1.165, 1.54) is 22.7 Å². The summed E-state index contributed by atoms with van der Waals surface area (Å²) >= 11 is 1.78. The zero-order valence-electron chi connectivity index (χ0n) is 10.2. The second-order valence-corrected chi connectivity index (χ2v) is 5.76. The van der Waals surface area contributed by atoms with Crippen molar-refractivity contribution in [1.29, 1.82) is 0 Å². The molecular weight excluding hydrogens is 220 g/mol. The molecule has 4 heteroatoms. The topological polar surface area (TPSA) is 34.2 Å². The quantitative estimate of drug-likeness (QED) is 0.877. The largest absolute Gasteiger partial charge is 0.377 e. The first-order valence-electron chi connectivity index (χ1n) is 5.94. The average molecular weight is 240 g/mol. The molecule has 3 nitrogen and oxygen atoms in total. The number of thiazole rings is 1. The molecule has 0 aromatic carbocycles. The average Bonchev–Trinajstić information content (AvgIpc) is 2.86. The Balaban J connectivity index is 1.82. The van der Waals surface area contributed by atoms with E-state index in [9.17, 15) is 0 Å². The highest BCUT2D eigenvalue weighted by Gasteiger charge is 2.21. The van der Waals surface area contributed by atoms with Crippen LogP contribution in [0, 0.1) is 13.8 Å². The van der Waals surface area contributed by atoms with Crippen LogP contribution in [0.1, 0.15) is 35.3 Å². The third-order valence-corrected chi connectivity index (χ3v) is 4.24. The number of nitrogens with one attached hydrogen (secondary N) is 1. The first kappa shape index (κ1) is 12.0. The van der Waals surface area contributed by atoms with Gasteiger partial charge in [-0.05, 0) is 33.6 Å². The number of hydrogen-bond donors (Lipinski definition) is 1. The number of ether oxygens (including phenoxy) is 1. The van der Waals surface area contributed by atoms with Gasteiger partial charge in [-0.2, -0.15) is 0 Å². The maximum atomic E-state index is 5.65. The molecular formula is C12H20N2OS. The lowest BCUT2D eigenvalue weighted by atomic mass is 10.1. The molecule has 2 heterocycles. The van der Waals surface area contributed by atoms with E-state index in [1.807, 2.05) is 0 Å². The number of nitrogens with zero attached hydrogens (tertiary/aromatic N) is 1. The summed E-state index contributed by atoms with van der Waals surface area (Å²) in [6, 6.07) is 0.423. The second-order valence-electron chi connectivity index (χ2n) is 4.47. The molecule has 0 radical (unpaired) electrons. The molecule has 1 aromatic rings. The Hall–Kier alpha value is -0.450. The molecule has 1 aliphatic heterocycles. The van der Waals surface area contributed by atoms with Crippen LogP contribution in [0.25, 0.3) is 0 Å². The fourth-order valence-corrected chi connectivity index (χ4v) is 2.88. The predicted molar refractivity (Wildman–Crippen MR) is 66.9 cm³/mol. The SMILES string of the molecule is Cc1nc(CNC(C)C2CCCO2)sc1C. The van der Waals surface area contributed by atoms with E-state index in [0.717, 1.165) is 18.8 Å². The van der Waals surface area contributed by atoms with E-state index >= 15 is 0 Å². The van der Waals surface area contributed by atoms with Crippen LogP contribution in [0.5, 0.6) is 0 Å². The lowest BCUT2D eigenvalue weighted by Crippen LogP contribution is -2.36. The van der Waals surface area contributed by atoms with E-state index in [2.05, 4.69) is 31.1 Å². The van der Waals surface area contributed by atoms with Crippen LogP contribution in [0.3, 0.4) is 0 Å². The molecule has 16 heavy (non-hydrogen) atoms. The lowest BCUT2D eigenvalue weighted by Gasteiger charge is -2.19. The maximum Gasteiger partial charge on any atom is 0.107 e. The first-order valence-corrected chi connectivity index (χ1v) is 6.76. The molecule has 1 fully saturated rings. The minimum Gasteiger partial charge on any atom is -0.377 e. The van der Waals surface area contributed by atoms with Gasteiger partial charge in [0.05, 0.1) is 11.8 Å². The van der Waals surface area contributed by atoms with Gasteiger partial charge in [-0.1, -0.05) is 0 Å². The third kappa shape index (κ3) is 2.81. The predicted octanol–water partition coefficient (Wildman–Crippen LogP) is 2.42. The fraction of sp³-hybridized carbons (Fsp3) is 0.750. The summed E-state index contributed by atoms with van der Waals surface area (Å²) in [5.41, 5.74) is 1.16. The Morgan fingerprint density at radius 1 is 1.56 bits per heavy atom. The molecule has 0 saturated carbocycles. The van der Waals surface area contributed by atoms with Crippen LogP contribution in [-0.4, -0.2) is 23.7 Å². The molecule has 0 spiro atoms. The molecule has 2 unspecified atom stereocenters. The third-order valence-electron chi connectivity index (χ3n) is 3.17. The van der Waals surface area contributed by atoms with Crippen molar-refractivity contribution in [1.82, 2.24) is 10.3 Å². The monoisotopic (exact) mass is 240 g/mol. The molecule has 2 rings (SSSR count). The summed E-state index contributed by atoms with van der Waals surface area (Å²) in [5, 5.41) is 4.68. The zero-order valence-corrected chi connectivity index (χ0v) is 11.1. The van der Waals surface area contributed by atoms with E-state index in [4.69, 9.17) is 4.74 Å². The summed E-state index contributed by atoms with van der Waals surface area (Å²) in [4.78, 5) is 5.84. The summed E-state index contributed by atoms with van der Waals surface area (Å²) in [7, 11) is 0. The van der Waals surface area contributed by atoms with E-state index < -0.39 is 0 Å². The highest BCUT2D eigenvalue weighted by atomic mass is 32.1. The van der Waals surface area contributed by atoms with Crippen LogP contribution in [0.2, 0.25) is 0 Å². The fourth-order valence-electron chi connectivity index (χ4n) is 1.99. The summed E-state index contributed by atoms with van der Waals surface area (Å²) in [5.74, 6) is 0. The Labute approximate surface area is 101 Å². The Kier molecular flexibility index (Phi) is 3.95. The van der Waals surface area contributed by atoms with Crippen molar-refractivity contribution in [3.05, 3.63) is 15.6 Å². The zero-order chi connectivity index (χ0) is 11.5. The van der Waals surface area contributed by atoms with Gasteiger partial charge in [-0.25, -0.2) is 4.98 Å². The van der Waals surface area contributed by atoms with Crippen molar-refractivity contribution in [2.45, 2.75) is 52.3 Å². The van der Waals surface area contributed by atoms with E-state index in [1.54, 1.807) is 11.3 Å². The van der Waals surface area contributed by atoms with Gasteiger partial charge in [-0.15, -0.1) is 11.3 Å². The number of rotatable bonds is 4. The van der Waals surface area contributed by atoms with Crippen molar-refractivity contribution in [3.8, 4) is 0 Å². The van der Waals surface area contributed by atoms with E-state index in [-0.39, 0.29) is 0 Å². The number of aryl methyl sites for hydroxylation is 2. The molecule has 0 bridgehead atoms. The van der Waals surface area contributed by atoms with Crippen molar-refractivity contribution >= 4 is 11.3 Å². The van der Waals surface area contributed by atoms with Crippen molar-refractivity contribution in [2.24, 2.45) is 0 Å². The second kappa shape index (κ2) is 5.25. The minimum absolute atomic E-state index is 0.391. The van der Waals surface area contributed by atoms with Crippen LogP contribution in [-0.2, 0) is 11.3 Å². The lowest BCUT2D eigenvalue weighted by molar-refractivity contribution is 0.0832. The molecule has 2 atom stereocenters. The van der Waals surface area contributed by atoms with Crippen molar-refractivity contribution in [2.75, 3.05) is 6.61 Å². The Morgan fingerprint density at radius 3 is 2.94 bits per heavy atom. The van der Waals surface area contributed by atoms with Crippen LogP contribution in [0.4, 0.5) is 0 Å². The van der Waals surface area contributed by atoms with Gasteiger partial charge < -0.3 is 10.1 Å². The smallest absolute Gasteiger partial charge is 0.107 e. The maximum absolute atomic E-state index is 5.65. The van der Waals surface area contributed by atoms with Gasteiger partial charge in [0, 0.05) is 24.1 Å².